The molecule has 0 radical (unpaired) electrons. The van der Waals surface area contributed by atoms with E-state index in [1.165, 1.54) is 23.1 Å². The number of hydrogen-bond donors (Lipinski definition) is 2. The molecular weight excluding hydrogens is 315 g/mol. The van der Waals surface area contributed by atoms with Crippen molar-refractivity contribution in [2.24, 2.45) is 0 Å². The average Bonchev–Trinajstić information content (AvgIpc) is 2.55. The van der Waals surface area contributed by atoms with Crippen molar-refractivity contribution in [2.45, 2.75) is 13.0 Å². The van der Waals surface area contributed by atoms with Gasteiger partial charge in [-0.15, -0.1) is 0 Å². The molecule has 2 aromatic rings. The van der Waals surface area contributed by atoms with E-state index in [1.54, 1.807) is 25.1 Å². The summed E-state index contributed by atoms with van der Waals surface area (Å²) in [6.07, 6.45) is -0.760. The van der Waals surface area contributed by atoms with E-state index < -0.39 is 23.7 Å². The van der Waals surface area contributed by atoms with E-state index in [0.717, 1.165) is 0 Å². The Hall–Kier alpha value is -3.16. The maximum Gasteiger partial charge on any atom is 0.269 e. The van der Waals surface area contributed by atoms with Gasteiger partial charge in [-0.1, -0.05) is 12.1 Å². The van der Waals surface area contributed by atoms with Crippen molar-refractivity contribution in [3.05, 3.63) is 42.2 Å². The van der Waals surface area contributed by atoms with Crippen molar-refractivity contribution in [1.82, 2.24) is 4.98 Å². The average molecular weight is 330 g/mol. The molecule has 1 aliphatic heterocycles. The number of nitrogens with two attached hydrogens (primary N) is 1. The van der Waals surface area contributed by atoms with Gasteiger partial charge >= 0.3 is 0 Å². The van der Waals surface area contributed by atoms with Gasteiger partial charge in [0.25, 0.3) is 5.91 Å². The summed E-state index contributed by atoms with van der Waals surface area (Å²) in [5.41, 5.74) is 5.68. The van der Waals surface area contributed by atoms with Crippen LogP contribution >= 0.6 is 0 Å². The topological polar surface area (TPSA) is 97.6 Å². The van der Waals surface area contributed by atoms with Crippen LogP contribution in [-0.4, -0.2) is 29.4 Å². The Labute approximate surface area is 137 Å². The molecule has 3 rings (SSSR count). The van der Waals surface area contributed by atoms with Gasteiger partial charge in [-0.25, -0.2) is 9.37 Å². The summed E-state index contributed by atoms with van der Waals surface area (Å²) >= 11 is 0. The Morgan fingerprint density at radius 2 is 2.12 bits per heavy atom. The highest BCUT2D eigenvalue weighted by molar-refractivity contribution is 6.05. The van der Waals surface area contributed by atoms with Crippen molar-refractivity contribution in [3.8, 4) is 5.75 Å². The summed E-state index contributed by atoms with van der Waals surface area (Å²) in [4.78, 5) is 29.8. The number of hydrogen-bond acceptors (Lipinski definition) is 5. The maximum absolute atomic E-state index is 13.6. The molecule has 0 bridgehead atoms. The second-order valence-corrected chi connectivity index (χ2v) is 5.27. The van der Waals surface area contributed by atoms with Crippen molar-refractivity contribution < 1.29 is 18.7 Å². The van der Waals surface area contributed by atoms with Crippen LogP contribution in [0.4, 0.5) is 21.7 Å². The molecule has 24 heavy (non-hydrogen) atoms. The zero-order valence-corrected chi connectivity index (χ0v) is 12.8. The molecule has 8 heteroatoms. The molecule has 1 aliphatic rings. The van der Waals surface area contributed by atoms with Gasteiger partial charge in [0, 0.05) is 0 Å². The van der Waals surface area contributed by atoms with Gasteiger partial charge in [0.05, 0.1) is 5.69 Å². The minimum absolute atomic E-state index is 0.0389. The van der Waals surface area contributed by atoms with Crippen molar-refractivity contribution in [1.29, 1.82) is 0 Å². The summed E-state index contributed by atoms with van der Waals surface area (Å²) in [6, 6.07) is 8.90. The van der Waals surface area contributed by atoms with Gasteiger partial charge in [0.1, 0.15) is 18.2 Å². The number of pyridine rings is 1. The molecule has 0 aliphatic carbocycles. The molecule has 1 atom stereocenters. The number of nitrogens with one attached hydrogen (secondary N) is 1. The number of ether oxygens (including phenoxy) is 1. The third kappa shape index (κ3) is 2.98. The number of fused-ring (bicyclic) bond motifs is 1. The Morgan fingerprint density at radius 1 is 1.38 bits per heavy atom. The van der Waals surface area contributed by atoms with Gasteiger partial charge in [-0.3, -0.25) is 14.5 Å². The van der Waals surface area contributed by atoms with Crippen LogP contribution in [-0.2, 0) is 9.59 Å². The highest BCUT2D eigenvalue weighted by atomic mass is 19.1. The van der Waals surface area contributed by atoms with E-state index in [1.807, 2.05) is 0 Å². The predicted octanol–water partition coefficient (Wildman–Crippen LogP) is 1.56. The maximum atomic E-state index is 13.6. The van der Waals surface area contributed by atoms with E-state index in [4.69, 9.17) is 10.5 Å². The second-order valence-electron chi connectivity index (χ2n) is 5.27. The van der Waals surface area contributed by atoms with Crippen LogP contribution in [0.2, 0.25) is 0 Å². The molecule has 1 unspecified atom stereocenters. The molecular formula is C16H15FN4O3. The number of anilines is 3. The number of amides is 2. The van der Waals surface area contributed by atoms with Gasteiger partial charge in [0.2, 0.25) is 5.91 Å². The molecule has 2 heterocycles. The fourth-order valence-electron chi connectivity index (χ4n) is 2.35. The van der Waals surface area contributed by atoms with E-state index in [-0.39, 0.29) is 23.9 Å². The fraction of sp³-hybridized carbons (Fsp3) is 0.188. The Kier molecular flexibility index (Phi) is 4.03. The molecule has 2 amide bonds. The summed E-state index contributed by atoms with van der Waals surface area (Å²) < 4.78 is 19.1. The summed E-state index contributed by atoms with van der Waals surface area (Å²) in [5.74, 6) is -0.826. The zero-order valence-electron chi connectivity index (χ0n) is 12.8. The highest BCUT2D eigenvalue weighted by Gasteiger charge is 2.34. The summed E-state index contributed by atoms with van der Waals surface area (Å²) in [5, 5.41) is 2.43. The Balaban J connectivity index is 1.83. The van der Waals surface area contributed by atoms with Crippen LogP contribution in [0.15, 0.2) is 36.4 Å². The van der Waals surface area contributed by atoms with Crippen LogP contribution in [0.1, 0.15) is 6.92 Å². The first-order valence-corrected chi connectivity index (χ1v) is 7.24. The van der Waals surface area contributed by atoms with E-state index in [9.17, 15) is 14.0 Å². The molecule has 124 valence electrons. The molecule has 0 saturated heterocycles. The molecule has 0 spiro atoms. The first-order chi connectivity index (χ1) is 11.5. The van der Waals surface area contributed by atoms with Crippen LogP contribution < -0.4 is 20.7 Å². The van der Waals surface area contributed by atoms with Gasteiger partial charge < -0.3 is 15.8 Å². The molecule has 1 aromatic carbocycles. The number of carbonyl (C=O) groups is 2. The molecule has 0 fully saturated rings. The first-order valence-electron chi connectivity index (χ1n) is 7.24. The molecule has 0 saturated carbocycles. The number of para-hydroxylation sites is 1. The van der Waals surface area contributed by atoms with E-state index in [0.29, 0.717) is 5.75 Å². The van der Waals surface area contributed by atoms with Crippen LogP contribution in [0.3, 0.4) is 0 Å². The third-order valence-electron chi connectivity index (χ3n) is 3.48. The van der Waals surface area contributed by atoms with Gasteiger partial charge in [-0.05, 0) is 31.2 Å². The van der Waals surface area contributed by atoms with Crippen LogP contribution in [0.5, 0.6) is 5.75 Å². The molecule has 1 aromatic heterocycles. The summed E-state index contributed by atoms with van der Waals surface area (Å²) in [7, 11) is 0. The lowest BCUT2D eigenvalue weighted by atomic mass is 10.2. The second kappa shape index (κ2) is 6.15. The van der Waals surface area contributed by atoms with Crippen LogP contribution in [0, 0.1) is 5.82 Å². The smallest absolute Gasteiger partial charge is 0.269 e. The van der Waals surface area contributed by atoms with Crippen LogP contribution in [0.25, 0.3) is 0 Å². The minimum atomic E-state index is -0.760. The van der Waals surface area contributed by atoms with Crippen molar-refractivity contribution in [3.63, 3.8) is 0 Å². The lowest BCUT2D eigenvalue weighted by Crippen LogP contribution is -2.48. The fourth-order valence-corrected chi connectivity index (χ4v) is 2.35. The Bertz CT molecular complexity index is 812. The monoisotopic (exact) mass is 330 g/mol. The standard InChI is InChI=1S/C16H15FN4O3/c1-9-16(23)21(15-12(24-9)6-7-13(18)20-15)8-14(22)19-11-5-3-2-4-10(11)17/h2-7,9H,8H2,1H3,(H2,18,20)(H,19,22). The van der Waals surface area contributed by atoms with Crippen molar-refractivity contribution in [2.75, 3.05) is 22.5 Å². The minimum Gasteiger partial charge on any atom is -0.477 e. The predicted molar refractivity (Wildman–Crippen MR) is 86.1 cm³/mol. The molecule has 7 nitrogen and oxygen atoms in total. The number of carbonyl (C=O) groups excluding carboxylic acids is 2. The summed E-state index contributed by atoms with van der Waals surface area (Å²) in [6.45, 7) is 1.24. The Morgan fingerprint density at radius 3 is 2.88 bits per heavy atom. The van der Waals surface area contributed by atoms with E-state index >= 15 is 0 Å². The number of aromatic nitrogens is 1. The number of nitrogens with zero attached hydrogens (tertiary/aromatic N) is 2. The normalized spacial score (nSPS) is 16.3. The van der Waals surface area contributed by atoms with Gasteiger partial charge in [-0.2, -0.15) is 0 Å². The number of nitrogen functional groups attached to an aromatic ring is 1. The van der Waals surface area contributed by atoms with Gasteiger partial charge in [0.15, 0.2) is 17.7 Å². The lowest BCUT2D eigenvalue weighted by molar-refractivity contribution is -0.127. The number of benzene rings is 1. The number of halogens is 1. The van der Waals surface area contributed by atoms with E-state index in [2.05, 4.69) is 10.3 Å². The zero-order chi connectivity index (χ0) is 17.3. The largest absolute Gasteiger partial charge is 0.477 e. The first kappa shape index (κ1) is 15.7. The lowest BCUT2D eigenvalue weighted by Gasteiger charge is -2.31. The highest BCUT2D eigenvalue weighted by Crippen LogP contribution is 2.32. The molecule has 3 N–H and O–H groups in total. The SMILES string of the molecule is CC1Oc2ccc(N)nc2N(CC(=O)Nc2ccccc2F)C1=O. The quantitative estimate of drug-likeness (QED) is 0.890. The third-order valence-corrected chi connectivity index (χ3v) is 3.48. The van der Waals surface area contributed by atoms with Crippen molar-refractivity contribution >= 4 is 29.1 Å². The number of rotatable bonds is 3.